The van der Waals surface area contributed by atoms with E-state index in [1.807, 2.05) is 23.7 Å². The third kappa shape index (κ3) is 5.12. The summed E-state index contributed by atoms with van der Waals surface area (Å²) in [4.78, 5) is 36.6. The van der Waals surface area contributed by atoms with Crippen LogP contribution >= 0.6 is 11.8 Å². The molecule has 0 saturated carbocycles. The number of hydrogen-bond acceptors (Lipinski definition) is 6. The molecule has 1 N–H and O–H groups in total. The van der Waals surface area contributed by atoms with Gasteiger partial charge in [0, 0.05) is 18.0 Å². The average molecular weight is 517 g/mol. The van der Waals surface area contributed by atoms with Crippen molar-refractivity contribution in [2.24, 2.45) is 7.05 Å². The number of aryl methyl sites for hydroxylation is 1. The van der Waals surface area contributed by atoms with E-state index in [1.54, 1.807) is 54.6 Å². The average Bonchev–Trinajstić information content (AvgIpc) is 3.22. The second-order valence-corrected chi connectivity index (χ2v) is 9.22. The molecule has 2 heterocycles. The lowest BCUT2D eigenvalue weighted by atomic mass is 10.1. The summed E-state index contributed by atoms with van der Waals surface area (Å²) in [5, 5.41) is 2.35. The Morgan fingerprint density at radius 2 is 1.62 bits per heavy atom. The van der Waals surface area contributed by atoms with Gasteiger partial charge in [0.1, 0.15) is 24.8 Å². The van der Waals surface area contributed by atoms with E-state index in [9.17, 15) is 18.8 Å². The summed E-state index contributed by atoms with van der Waals surface area (Å²) in [7, 11) is 1.84. The van der Waals surface area contributed by atoms with E-state index in [0.717, 1.165) is 22.8 Å². The first kappa shape index (κ1) is 24.3. The molecule has 0 atom stereocenters. The van der Waals surface area contributed by atoms with Crippen molar-refractivity contribution in [3.63, 3.8) is 0 Å². The maximum absolute atomic E-state index is 13.6. The molecule has 0 unspecified atom stereocenters. The van der Waals surface area contributed by atoms with E-state index in [-0.39, 0.29) is 35.4 Å². The highest BCUT2D eigenvalue weighted by atomic mass is 32.2. The number of carbonyl (C=O) groups excluding carboxylic acids is 2. The van der Waals surface area contributed by atoms with Crippen LogP contribution in [-0.2, 0) is 11.8 Å². The zero-order valence-electron chi connectivity index (χ0n) is 19.7. The summed E-state index contributed by atoms with van der Waals surface area (Å²) in [6, 6.07) is 20.2. The fourth-order valence-corrected chi connectivity index (χ4v) is 4.75. The van der Waals surface area contributed by atoms with E-state index >= 15 is 0 Å². The van der Waals surface area contributed by atoms with Gasteiger partial charge in [-0.05, 0) is 71.9 Å². The smallest absolute Gasteiger partial charge is 0.290 e. The summed E-state index contributed by atoms with van der Waals surface area (Å²) < 4.78 is 27.1. The molecular formula is C28H21FN2O5S. The van der Waals surface area contributed by atoms with Crippen molar-refractivity contribution in [3.8, 4) is 22.8 Å². The predicted molar refractivity (Wildman–Crippen MR) is 141 cm³/mol. The van der Waals surface area contributed by atoms with Crippen molar-refractivity contribution in [1.82, 2.24) is 9.88 Å². The van der Waals surface area contributed by atoms with Crippen molar-refractivity contribution in [2.75, 3.05) is 13.2 Å². The number of para-hydroxylation sites is 1. The van der Waals surface area contributed by atoms with Gasteiger partial charge >= 0.3 is 0 Å². The van der Waals surface area contributed by atoms with Gasteiger partial charge in [-0.3, -0.25) is 19.7 Å². The highest BCUT2D eigenvalue weighted by Crippen LogP contribution is 2.31. The lowest BCUT2D eigenvalue weighted by molar-refractivity contribution is -0.115. The highest BCUT2D eigenvalue weighted by Gasteiger charge is 2.25. The van der Waals surface area contributed by atoms with Gasteiger partial charge < -0.3 is 14.0 Å². The highest BCUT2D eigenvalue weighted by molar-refractivity contribution is 8.18. The minimum atomic E-state index is -0.410. The van der Waals surface area contributed by atoms with Crippen LogP contribution in [0.3, 0.4) is 0 Å². The van der Waals surface area contributed by atoms with E-state index in [4.69, 9.17) is 9.47 Å². The zero-order chi connectivity index (χ0) is 25.9. The molecule has 3 aromatic carbocycles. The standard InChI is InChI=1S/C28H21FN2O5S/c1-31-22-5-3-2-4-21(22)25(32)26(24(31)18-8-10-19(29)11-9-18)36-15-14-35-20-12-6-17(7-13-20)16-23-27(33)30-28(34)37-23/h2-13,16H,14-15H2,1H3,(H,30,33,34). The van der Waals surface area contributed by atoms with E-state index < -0.39 is 5.91 Å². The molecule has 5 rings (SSSR count). The summed E-state index contributed by atoms with van der Waals surface area (Å²) in [6.07, 6.45) is 1.63. The molecule has 7 nitrogen and oxygen atoms in total. The van der Waals surface area contributed by atoms with Crippen LogP contribution in [0.1, 0.15) is 5.56 Å². The van der Waals surface area contributed by atoms with E-state index in [2.05, 4.69) is 5.32 Å². The van der Waals surface area contributed by atoms with Crippen molar-refractivity contribution in [3.05, 3.63) is 99.3 Å². The fraction of sp³-hybridized carbons (Fsp3) is 0.107. The molecule has 1 aromatic heterocycles. The maximum atomic E-state index is 13.6. The van der Waals surface area contributed by atoms with Gasteiger partial charge in [-0.2, -0.15) is 0 Å². The van der Waals surface area contributed by atoms with Crippen LogP contribution in [0.15, 0.2) is 82.5 Å². The van der Waals surface area contributed by atoms with Gasteiger partial charge in [-0.15, -0.1) is 0 Å². The monoisotopic (exact) mass is 516 g/mol. The van der Waals surface area contributed by atoms with Crippen LogP contribution in [-0.4, -0.2) is 28.9 Å². The normalized spacial score (nSPS) is 14.3. The first-order valence-electron chi connectivity index (χ1n) is 11.4. The van der Waals surface area contributed by atoms with Crippen LogP contribution in [0.5, 0.6) is 11.5 Å². The van der Waals surface area contributed by atoms with Gasteiger partial charge in [0.2, 0.25) is 5.43 Å². The number of fused-ring (bicyclic) bond motifs is 1. The minimum Gasteiger partial charge on any atom is -0.490 e. The Labute approximate surface area is 215 Å². The number of aromatic nitrogens is 1. The van der Waals surface area contributed by atoms with Crippen molar-refractivity contribution in [1.29, 1.82) is 0 Å². The van der Waals surface area contributed by atoms with Crippen LogP contribution in [0.2, 0.25) is 0 Å². The molecule has 186 valence electrons. The number of carbonyl (C=O) groups is 2. The third-order valence-corrected chi connectivity index (χ3v) is 6.61. The second-order valence-electron chi connectivity index (χ2n) is 8.21. The molecule has 37 heavy (non-hydrogen) atoms. The zero-order valence-corrected chi connectivity index (χ0v) is 20.5. The fourth-order valence-electron chi connectivity index (χ4n) is 4.06. The third-order valence-electron chi connectivity index (χ3n) is 5.80. The number of hydrogen-bond donors (Lipinski definition) is 1. The summed E-state index contributed by atoms with van der Waals surface area (Å²) in [5.74, 6) is -0.0329. The number of halogens is 1. The number of pyridine rings is 1. The van der Waals surface area contributed by atoms with Crippen molar-refractivity contribution < 1.29 is 23.5 Å². The van der Waals surface area contributed by atoms with E-state index in [1.165, 1.54) is 12.1 Å². The summed E-state index contributed by atoms with van der Waals surface area (Å²) in [6.45, 7) is 0.276. The predicted octanol–water partition coefficient (Wildman–Crippen LogP) is 5.13. The number of nitrogens with one attached hydrogen (secondary N) is 1. The first-order chi connectivity index (χ1) is 17.9. The Morgan fingerprint density at radius 1 is 0.919 bits per heavy atom. The summed E-state index contributed by atoms with van der Waals surface area (Å²) >= 11 is 0.858. The quantitative estimate of drug-likeness (QED) is 0.271. The van der Waals surface area contributed by atoms with Gasteiger partial charge in [-0.25, -0.2) is 4.39 Å². The number of nitrogens with zero attached hydrogens (tertiary/aromatic N) is 1. The lowest BCUT2D eigenvalue weighted by Gasteiger charge is -2.18. The number of ether oxygens (including phenoxy) is 2. The van der Waals surface area contributed by atoms with Crippen LogP contribution in [0.25, 0.3) is 28.2 Å². The molecule has 1 aliphatic rings. The topological polar surface area (TPSA) is 86.6 Å². The Kier molecular flexibility index (Phi) is 6.78. The Hall–Kier alpha value is -4.37. The molecular weight excluding hydrogens is 495 g/mol. The molecule has 9 heteroatoms. The van der Waals surface area contributed by atoms with Crippen molar-refractivity contribution in [2.45, 2.75) is 0 Å². The molecule has 0 bridgehead atoms. The first-order valence-corrected chi connectivity index (χ1v) is 12.2. The molecule has 0 radical (unpaired) electrons. The molecule has 0 spiro atoms. The summed E-state index contributed by atoms with van der Waals surface area (Å²) in [5.41, 5.74) is 2.44. The number of amides is 2. The van der Waals surface area contributed by atoms with Gasteiger partial charge in [0.05, 0.1) is 16.1 Å². The largest absolute Gasteiger partial charge is 0.490 e. The molecule has 4 aromatic rings. The van der Waals surface area contributed by atoms with Gasteiger partial charge in [0.15, 0.2) is 5.75 Å². The Morgan fingerprint density at radius 3 is 2.32 bits per heavy atom. The molecule has 1 saturated heterocycles. The molecule has 0 aliphatic carbocycles. The van der Waals surface area contributed by atoms with Crippen LogP contribution in [0, 0.1) is 5.82 Å². The minimum absolute atomic E-state index is 0.104. The van der Waals surface area contributed by atoms with Gasteiger partial charge in [-0.1, -0.05) is 24.3 Å². The molecule has 1 fully saturated rings. The van der Waals surface area contributed by atoms with Crippen LogP contribution < -0.4 is 20.2 Å². The number of benzene rings is 3. The lowest BCUT2D eigenvalue weighted by Crippen LogP contribution is -2.18. The van der Waals surface area contributed by atoms with Crippen molar-refractivity contribution >= 4 is 39.9 Å². The van der Waals surface area contributed by atoms with E-state index in [0.29, 0.717) is 27.3 Å². The number of thioether (sulfide) groups is 1. The molecule has 2 amide bonds. The Bertz CT molecular complexity index is 1590. The Balaban J connectivity index is 1.32. The maximum Gasteiger partial charge on any atom is 0.290 e. The number of imide groups is 1. The van der Waals surface area contributed by atoms with Gasteiger partial charge in [0.25, 0.3) is 11.1 Å². The SMILES string of the molecule is Cn1c(-c2ccc(F)cc2)c(OCCOc2ccc(C=C3SC(=O)NC3=O)cc2)c(=O)c2ccccc21. The second kappa shape index (κ2) is 10.3. The van der Waals surface area contributed by atoms with Crippen LogP contribution in [0.4, 0.5) is 9.18 Å². The number of rotatable bonds is 7. The molecule has 1 aliphatic heterocycles.